The highest BCUT2D eigenvalue weighted by Gasteiger charge is 1.84. The number of hydrogen-bond donors (Lipinski definition) is 1. The third kappa shape index (κ3) is 51.5. The van der Waals surface area contributed by atoms with Crippen LogP contribution in [-0.4, -0.2) is 5.91 Å². The molecule has 0 aliphatic rings. The molecule has 0 saturated heterocycles. The molecule has 0 atom stereocenters. The minimum absolute atomic E-state index is 0.211. The Morgan fingerprint density at radius 2 is 1.38 bits per heavy atom. The molecule has 0 rings (SSSR count). The van der Waals surface area contributed by atoms with Crippen molar-refractivity contribution in [2.24, 2.45) is 5.73 Å². The van der Waals surface area contributed by atoms with Gasteiger partial charge >= 0.3 is 0 Å². The lowest BCUT2D eigenvalue weighted by atomic mass is 10.3. The summed E-state index contributed by atoms with van der Waals surface area (Å²) in [6, 6.07) is 0. The van der Waals surface area contributed by atoms with Crippen LogP contribution in [-0.2, 0) is 4.79 Å². The van der Waals surface area contributed by atoms with Crippen LogP contribution in [0.1, 0.15) is 66.7 Å². The molecule has 0 aromatic carbocycles. The minimum Gasteiger partial charge on any atom is -0.370 e. The van der Waals surface area contributed by atoms with E-state index in [0.717, 1.165) is 6.42 Å². The van der Waals surface area contributed by atoms with Crippen molar-refractivity contribution in [3.63, 3.8) is 0 Å². The molecule has 0 fully saturated rings. The molecular formula is C11H27NO. The maximum absolute atomic E-state index is 9.82. The van der Waals surface area contributed by atoms with E-state index in [9.17, 15) is 4.79 Å². The topological polar surface area (TPSA) is 43.1 Å². The van der Waals surface area contributed by atoms with E-state index in [4.69, 9.17) is 5.73 Å². The van der Waals surface area contributed by atoms with Crippen molar-refractivity contribution in [1.82, 2.24) is 0 Å². The molecule has 1 amide bonds. The molecule has 0 heterocycles. The van der Waals surface area contributed by atoms with Gasteiger partial charge in [0, 0.05) is 6.42 Å². The number of nitrogens with two attached hydrogens (primary N) is 1. The standard InChI is InChI=1S/C5H12.C4H9NO.C2H6/c1-3-5-4-2;1-2-3-4(5)6;1-2/h3-5H2,1-2H3;2-3H2,1H3,(H2,5,6);1-2H3. The highest BCUT2D eigenvalue weighted by Crippen LogP contribution is 1.88. The Morgan fingerprint density at radius 3 is 1.38 bits per heavy atom. The number of carbonyl (C=O) groups is 1. The first-order valence-electron chi connectivity index (χ1n) is 5.47. The Kier molecular flexibility index (Phi) is 31.7. The van der Waals surface area contributed by atoms with Gasteiger partial charge in [-0.25, -0.2) is 0 Å². The van der Waals surface area contributed by atoms with Crippen LogP contribution < -0.4 is 5.73 Å². The second-order valence-electron chi connectivity index (χ2n) is 2.57. The first kappa shape index (κ1) is 18.3. The second kappa shape index (κ2) is 22.5. The summed E-state index contributed by atoms with van der Waals surface area (Å²) in [7, 11) is 0. The third-order valence-corrected chi connectivity index (χ3v) is 1.20. The molecule has 0 aromatic rings. The van der Waals surface area contributed by atoms with Crippen molar-refractivity contribution in [1.29, 1.82) is 0 Å². The molecule has 2 N–H and O–H groups in total. The highest BCUT2D eigenvalue weighted by atomic mass is 16.1. The Hall–Kier alpha value is -0.530. The van der Waals surface area contributed by atoms with Gasteiger partial charge in [0.25, 0.3) is 0 Å². The second-order valence-corrected chi connectivity index (χ2v) is 2.57. The molecule has 2 nitrogen and oxygen atoms in total. The summed E-state index contributed by atoms with van der Waals surface area (Å²) in [6.45, 7) is 10.3. The maximum Gasteiger partial charge on any atom is 0.217 e. The lowest BCUT2D eigenvalue weighted by Gasteiger charge is -1.81. The summed E-state index contributed by atoms with van der Waals surface area (Å²) in [4.78, 5) is 9.82. The average Bonchev–Trinajstić information content (AvgIpc) is 2.10. The van der Waals surface area contributed by atoms with Gasteiger partial charge in [0.15, 0.2) is 0 Å². The van der Waals surface area contributed by atoms with Crippen molar-refractivity contribution >= 4 is 5.91 Å². The van der Waals surface area contributed by atoms with E-state index >= 15 is 0 Å². The van der Waals surface area contributed by atoms with E-state index in [0.29, 0.717) is 6.42 Å². The molecule has 0 radical (unpaired) electrons. The van der Waals surface area contributed by atoms with E-state index in [2.05, 4.69) is 13.8 Å². The van der Waals surface area contributed by atoms with E-state index in [-0.39, 0.29) is 5.91 Å². The van der Waals surface area contributed by atoms with E-state index in [1.165, 1.54) is 19.3 Å². The van der Waals surface area contributed by atoms with Gasteiger partial charge in [-0.15, -0.1) is 0 Å². The van der Waals surface area contributed by atoms with Gasteiger partial charge in [0.2, 0.25) is 5.91 Å². The average molecular weight is 189 g/mol. The predicted octanol–water partition coefficient (Wildman–Crippen LogP) is 3.49. The first-order valence-corrected chi connectivity index (χ1v) is 5.47. The summed E-state index contributed by atoms with van der Waals surface area (Å²) < 4.78 is 0. The van der Waals surface area contributed by atoms with Crippen molar-refractivity contribution in [2.45, 2.75) is 66.7 Å². The van der Waals surface area contributed by atoms with Crippen LogP contribution in [0.2, 0.25) is 0 Å². The largest absolute Gasteiger partial charge is 0.370 e. The van der Waals surface area contributed by atoms with Gasteiger partial charge in [-0.05, 0) is 6.42 Å². The molecule has 0 aromatic heterocycles. The van der Waals surface area contributed by atoms with Crippen LogP contribution >= 0.6 is 0 Å². The summed E-state index contributed by atoms with van der Waals surface area (Å²) >= 11 is 0. The zero-order valence-corrected chi connectivity index (χ0v) is 10.0. The van der Waals surface area contributed by atoms with Crippen molar-refractivity contribution < 1.29 is 4.79 Å². The van der Waals surface area contributed by atoms with Crippen molar-refractivity contribution in [3.8, 4) is 0 Å². The smallest absolute Gasteiger partial charge is 0.217 e. The van der Waals surface area contributed by atoms with Crippen LogP contribution in [0, 0.1) is 0 Å². The van der Waals surface area contributed by atoms with Crippen molar-refractivity contribution in [2.75, 3.05) is 0 Å². The zero-order valence-electron chi connectivity index (χ0n) is 10.0. The predicted molar refractivity (Wildman–Crippen MR) is 60.6 cm³/mol. The molecule has 0 spiro atoms. The number of unbranched alkanes of at least 4 members (excludes halogenated alkanes) is 2. The quantitative estimate of drug-likeness (QED) is 0.722. The number of primary amides is 1. The number of amides is 1. The number of rotatable bonds is 4. The molecule has 2 heteroatoms. The molecule has 0 aliphatic carbocycles. The third-order valence-electron chi connectivity index (χ3n) is 1.20. The number of hydrogen-bond acceptors (Lipinski definition) is 1. The Bertz CT molecular complexity index is 80.2. The Labute approximate surface area is 83.9 Å². The van der Waals surface area contributed by atoms with E-state index in [1.54, 1.807) is 0 Å². The molecule has 0 aliphatic heterocycles. The van der Waals surface area contributed by atoms with Gasteiger partial charge in [-0.2, -0.15) is 0 Å². The summed E-state index contributed by atoms with van der Waals surface area (Å²) in [5.41, 5.74) is 4.76. The van der Waals surface area contributed by atoms with Crippen LogP contribution in [0.5, 0.6) is 0 Å². The molecule has 0 unspecified atom stereocenters. The SMILES string of the molecule is CC.CCCC(N)=O.CCCCC. The van der Waals surface area contributed by atoms with Crippen molar-refractivity contribution in [3.05, 3.63) is 0 Å². The van der Waals surface area contributed by atoms with Gasteiger partial charge in [0.1, 0.15) is 0 Å². The van der Waals surface area contributed by atoms with Gasteiger partial charge in [-0.1, -0.05) is 53.9 Å². The fraction of sp³-hybridized carbons (Fsp3) is 0.909. The van der Waals surface area contributed by atoms with E-state index in [1.807, 2.05) is 20.8 Å². The summed E-state index contributed by atoms with van der Waals surface area (Å²) in [5, 5.41) is 0. The Morgan fingerprint density at radius 1 is 1.00 bits per heavy atom. The number of carbonyl (C=O) groups excluding carboxylic acids is 1. The minimum atomic E-state index is -0.211. The normalized spacial score (nSPS) is 7.46. The monoisotopic (exact) mass is 189 g/mol. The van der Waals surface area contributed by atoms with Crippen LogP contribution in [0.4, 0.5) is 0 Å². The molecule has 82 valence electrons. The fourth-order valence-corrected chi connectivity index (χ4v) is 0.600. The molecule has 0 bridgehead atoms. The van der Waals surface area contributed by atoms with Gasteiger partial charge in [0.05, 0.1) is 0 Å². The lowest BCUT2D eigenvalue weighted by Crippen LogP contribution is -2.08. The fourth-order valence-electron chi connectivity index (χ4n) is 0.600. The van der Waals surface area contributed by atoms with Gasteiger partial charge < -0.3 is 5.73 Å². The molecule has 0 saturated carbocycles. The Balaban J connectivity index is -0.000000131. The molecule has 13 heavy (non-hydrogen) atoms. The zero-order chi connectivity index (χ0) is 11.1. The van der Waals surface area contributed by atoms with Crippen LogP contribution in [0.3, 0.4) is 0 Å². The maximum atomic E-state index is 9.82. The van der Waals surface area contributed by atoms with E-state index < -0.39 is 0 Å². The molecular weight excluding hydrogens is 162 g/mol. The summed E-state index contributed by atoms with van der Waals surface area (Å²) in [6.07, 6.45) is 5.45. The lowest BCUT2D eigenvalue weighted by molar-refractivity contribution is -0.118. The van der Waals surface area contributed by atoms with Gasteiger partial charge in [-0.3, -0.25) is 4.79 Å². The summed E-state index contributed by atoms with van der Waals surface area (Å²) in [5.74, 6) is -0.211. The first-order chi connectivity index (χ1) is 6.18. The highest BCUT2D eigenvalue weighted by molar-refractivity contribution is 5.73. The van der Waals surface area contributed by atoms with Crippen LogP contribution in [0.15, 0.2) is 0 Å². The van der Waals surface area contributed by atoms with Crippen LogP contribution in [0.25, 0.3) is 0 Å².